The Kier molecular flexibility index (Phi) is 3.81. The Bertz CT molecular complexity index is 339. The average Bonchev–Trinajstić information content (AvgIpc) is 2.25. The molecule has 0 saturated heterocycles. The topological polar surface area (TPSA) is 0 Å². The van der Waals surface area contributed by atoms with E-state index in [4.69, 9.17) is 0 Å². The van der Waals surface area contributed by atoms with E-state index in [2.05, 4.69) is 51.4 Å². The van der Waals surface area contributed by atoms with E-state index in [1.165, 1.54) is 25.7 Å². The highest BCUT2D eigenvalue weighted by Gasteiger charge is 2.40. The fraction of sp³-hybridized carbons (Fsp3) is 0.750. The van der Waals surface area contributed by atoms with Crippen LogP contribution in [-0.2, 0) is 0 Å². The lowest BCUT2D eigenvalue weighted by Gasteiger charge is -2.43. The van der Waals surface area contributed by atoms with Gasteiger partial charge in [-0.05, 0) is 47.9 Å². The standard InChI is InChI=1S/C16H30Si2/c1-17(2,3)15-11-13-9-7-8-10-14(13)12-16(15)18(4,5)6/h11-12,15-16H,7-10H2,1-6H3/t15-,16-/m0/s1. The molecule has 102 valence electrons. The second kappa shape index (κ2) is 4.79. The smallest absolute Gasteiger partial charge is 0.0517 e. The Hall–Kier alpha value is -0.0862. The molecule has 2 heteroatoms. The maximum atomic E-state index is 2.73. The zero-order chi connectivity index (χ0) is 13.6. The second-order valence-electron chi connectivity index (χ2n) is 8.37. The molecule has 0 heterocycles. The van der Waals surface area contributed by atoms with E-state index in [0.717, 1.165) is 11.1 Å². The molecular formula is C16H30Si2. The maximum absolute atomic E-state index is 2.73. The van der Waals surface area contributed by atoms with Gasteiger partial charge in [0.05, 0.1) is 16.1 Å². The molecular weight excluding hydrogens is 248 g/mol. The van der Waals surface area contributed by atoms with E-state index >= 15 is 0 Å². The van der Waals surface area contributed by atoms with Crippen LogP contribution in [0.25, 0.3) is 0 Å². The fourth-order valence-electron chi connectivity index (χ4n) is 3.55. The van der Waals surface area contributed by atoms with Crippen LogP contribution in [0.2, 0.25) is 50.4 Å². The molecule has 1 fully saturated rings. The van der Waals surface area contributed by atoms with E-state index in [0.29, 0.717) is 0 Å². The summed E-state index contributed by atoms with van der Waals surface area (Å²) in [6.07, 6.45) is 11.0. The summed E-state index contributed by atoms with van der Waals surface area (Å²) in [6, 6.07) is 0. The Balaban J connectivity index is 2.38. The molecule has 0 aromatic carbocycles. The predicted molar refractivity (Wildman–Crippen MR) is 88.8 cm³/mol. The van der Waals surface area contributed by atoms with Crippen LogP contribution in [0, 0.1) is 0 Å². The first-order valence-electron chi connectivity index (χ1n) is 7.61. The average molecular weight is 279 g/mol. The van der Waals surface area contributed by atoms with E-state index in [-0.39, 0.29) is 0 Å². The second-order valence-corrected chi connectivity index (χ2v) is 19.2. The van der Waals surface area contributed by atoms with Crippen molar-refractivity contribution in [1.29, 1.82) is 0 Å². The molecule has 0 spiro atoms. The molecule has 0 unspecified atom stereocenters. The monoisotopic (exact) mass is 278 g/mol. The minimum atomic E-state index is -1.09. The summed E-state index contributed by atoms with van der Waals surface area (Å²) < 4.78 is 0. The van der Waals surface area contributed by atoms with Crippen molar-refractivity contribution in [3.8, 4) is 0 Å². The SMILES string of the molecule is C[Si](C)(C)[C@H]1C=C2CCCCC2=C[C@@H]1[Si](C)(C)C. The molecule has 2 aliphatic rings. The van der Waals surface area contributed by atoms with Crippen LogP contribution < -0.4 is 0 Å². The minimum absolute atomic E-state index is 0.890. The van der Waals surface area contributed by atoms with Crippen molar-refractivity contribution >= 4 is 16.1 Å². The zero-order valence-corrected chi connectivity index (χ0v) is 15.1. The molecule has 0 aromatic heterocycles. The molecule has 0 aliphatic heterocycles. The van der Waals surface area contributed by atoms with Gasteiger partial charge in [-0.3, -0.25) is 0 Å². The van der Waals surface area contributed by atoms with E-state index in [1.54, 1.807) is 11.1 Å². The lowest BCUT2D eigenvalue weighted by atomic mass is 9.85. The van der Waals surface area contributed by atoms with E-state index in [9.17, 15) is 0 Å². The first-order valence-corrected chi connectivity index (χ1v) is 14.8. The van der Waals surface area contributed by atoms with Crippen LogP contribution >= 0.6 is 0 Å². The summed E-state index contributed by atoms with van der Waals surface area (Å²) in [5, 5.41) is 0. The van der Waals surface area contributed by atoms with Crippen molar-refractivity contribution in [2.75, 3.05) is 0 Å². The molecule has 0 radical (unpaired) electrons. The fourth-order valence-corrected chi connectivity index (χ4v) is 10.3. The van der Waals surface area contributed by atoms with Crippen molar-refractivity contribution in [1.82, 2.24) is 0 Å². The van der Waals surface area contributed by atoms with Crippen LogP contribution in [0.5, 0.6) is 0 Å². The van der Waals surface area contributed by atoms with Gasteiger partial charge in [-0.15, -0.1) is 0 Å². The summed E-state index contributed by atoms with van der Waals surface area (Å²) in [5.41, 5.74) is 5.23. The van der Waals surface area contributed by atoms with Crippen molar-refractivity contribution < 1.29 is 0 Å². The van der Waals surface area contributed by atoms with Gasteiger partial charge in [0, 0.05) is 0 Å². The Morgan fingerprint density at radius 1 is 0.722 bits per heavy atom. The third kappa shape index (κ3) is 2.90. The quantitative estimate of drug-likeness (QED) is 0.556. The molecule has 18 heavy (non-hydrogen) atoms. The molecule has 1 saturated carbocycles. The third-order valence-electron chi connectivity index (χ3n) is 4.70. The van der Waals surface area contributed by atoms with Gasteiger partial charge >= 0.3 is 0 Å². The molecule has 0 N–H and O–H groups in total. The van der Waals surface area contributed by atoms with Gasteiger partial charge in [-0.1, -0.05) is 51.4 Å². The normalized spacial score (nSPS) is 29.4. The molecule has 0 nitrogen and oxygen atoms in total. The van der Waals surface area contributed by atoms with Gasteiger partial charge in [-0.25, -0.2) is 0 Å². The number of hydrogen-bond acceptors (Lipinski definition) is 0. The summed E-state index contributed by atoms with van der Waals surface area (Å²) in [6.45, 7) is 15.4. The molecule has 0 aromatic rings. The Morgan fingerprint density at radius 2 is 1.06 bits per heavy atom. The van der Waals surface area contributed by atoms with E-state index < -0.39 is 16.1 Å². The summed E-state index contributed by atoms with van der Waals surface area (Å²) in [7, 11) is -2.18. The lowest BCUT2D eigenvalue weighted by molar-refractivity contribution is 0.662. The predicted octanol–water partition coefficient (Wildman–Crippen LogP) is 5.84. The first-order chi connectivity index (χ1) is 8.19. The van der Waals surface area contributed by atoms with Crippen LogP contribution in [0.1, 0.15) is 25.7 Å². The number of fused-ring (bicyclic) bond motifs is 1. The van der Waals surface area contributed by atoms with Crippen LogP contribution in [0.3, 0.4) is 0 Å². The Labute approximate surface area is 116 Å². The van der Waals surface area contributed by atoms with Gasteiger partial charge in [0.1, 0.15) is 0 Å². The first kappa shape index (κ1) is 14.3. The molecule has 0 amide bonds. The summed E-state index contributed by atoms with van der Waals surface area (Å²) in [5.74, 6) is 0. The highest BCUT2D eigenvalue weighted by atomic mass is 28.3. The van der Waals surface area contributed by atoms with Gasteiger partial charge < -0.3 is 0 Å². The molecule has 2 rings (SSSR count). The summed E-state index contributed by atoms with van der Waals surface area (Å²) in [4.78, 5) is 0. The molecule has 2 atom stereocenters. The van der Waals surface area contributed by atoms with Crippen LogP contribution in [0.15, 0.2) is 23.3 Å². The highest BCUT2D eigenvalue weighted by molar-refractivity contribution is 6.84. The minimum Gasteiger partial charge on any atom is -0.0803 e. The maximum Gasteiger partial charge on any atom is 0.0517 e. The lowest BCUT2D eigenvalue weighted by Crippen LogP contribution is -2.40. The van der Waals surface area contributed by atoms with Gasteiger partial charge in [0.2, 0.25) is 0 Å². The van der Waals surface area contributed by atoms with Crippen molar-refractivity contribution in [2.24, 2.45) is 0 Å². The van der Waals surface area contributed by atoms with Crippen LogP contribution in [0.4, 0.5) is 0 Å². The molecule has 0 bridgehead atoms. The van der Waals surface area contributed by atoms with E-state index in [1.807, 2.05) is 0 Å². The van der Waals surface area contributed by atoms with Gasteiger partial charge in [-0.2, -0.15) is 0 Å². The zero-order valence-electron chi connectivity index (χ0n) is 13.1. The number of allylic oxidation sites excluding steroid dienone is 4. The Morgan fingerprint density at radius 3 is 1.33 bits per heavy atom. The number of hydrogen-bond donors (Lipinski definition) is 0. The highest BCUT2D eigenvalue weighted by Crippen LogP contribution is 2.49. The van der Waals surface area contributed by atoms with Crippen LogP contribution in [-0.4, -0.2) is 16.1 Å². The van der Waals surface area contributed by atoms with Gasteiger partial charge in [0.25, 0.3) is 0 Å². The van der Waals surface area contributed by atoms with Crippen molar-refractivity contribution in [3.63, 3.8) is 0 Å². The number of rotatable bonds is 2. The summed E-state index contributed by atoms with van der Waals surface area (Å²) >= 11 is 0. The largest absolute Gasteiger partial charge is 0.0803 e. The molecule has 2 aliphatic carbocycles. The van der Waals surface area contributed by atoms with Crippen molar-refractivity contribution in [2.45, 2.75) is 76.0 Å². The third-order valence-corrected chi connectivity index (χ3v) is 10.1. The van der Waals surface area contributed by atoms with Crippen molar-refractivity contribution in [3.05, 3.63) is 23.3 Å². The van der Waals surface area contributed by atoms with Gasteiger partial charge in [0.15, 0.2) is 0 Å².